The molecule has 1 fully saturated rings. The first-order valence-corrected chi connectivity index (χ1v) is 13.1. The average Bonchev–Trinajstić information content (AvgIpc) is 3.43. The van der Waals surface area contributed by atoms with Crippen LogP contribution in [0, 0.1) is 0 Å². The zero-order chi connectivity index (χ0) is 21.5. The SMILES string of the molecule is COC(=O)c1c(NC(=O)C2CCCCN2S(=O)(=O)c2ccc(Cl)s2)sc2c1CCC2. The molecule has 0 spiro atoms. The first kappa shape index (κ1) is 21.8. The molecule has 0 radical (unpaired) electrons. The number of carbonyl (C=O) groups is 2. The number of hydrogen-bond acceptors (Lipinski definition) is 7. The number of piperidine rings is 1. The lowest BCUT2D eigenvalue weighted by Gasteiger charge is -2.33. The van der Waals surface area contributed by atoms with Gasteiger partial charge in [-0.1, -0.05) is 18.0 Å². The summed E-state index contributed by atoms with van der Waals surface area (Å²) in [5.74, 6) is -0.906. The van der Waals surface area contributed by atoms with E-state index in [1.165, 1.54) is 34.9 Å². The lowest BCUT2D eigenvalue weighted by molar-refractivity contribution is -0.120. The maximum Gasteiger partial charge on any atom is 0.341 e. The molecule has 7 nitrogen and oxygen atoms in total. The fourth-order valence-electron chi connectivity index (χ4n) is 4.01. The van der Waals surface area contributed by atoms with Gasteiger partial charge in [0.25, 0.3) is 10.0 Å². The van der Waals surface area contributed by atoms with E-state index in [0.29, 0.717) is 27.7 Å². The molecule has 4 rings (SSSR count). The van der Waals surface area contributed by atoms with E-state index >= 15 is 0 Å². The van der Waals surface area contributed by atoms with Gasteiger partial charge in [-0.25, -0.2) is 13.2 Å². The molecule has 1 aliphatic heterocycles. The summed E-state index contributed by atoms with van der Waals surface area (Å²) >= 11 is 8.28. The van der Waals surface area contributed by atoms with Crippen molar-refractivity contribution in [1.29, 1.82) is 0 Å². The highest BCUT2D eigenvalue weighted by atomic mass is 35.5. The highest BCUT2D eigenvalue weighted by molar-refractivity contribution is 7.91. The van der Waals surface area contributed by atoms with Crippen molar-refractivity contribution < 1.29 is 22.7 Å². The molecule has 1 atom stereocenters. The van der Waals surface area contributed by atoms with Gasteiger partial charge in [0, 0.05) is 11.4 Å². The molecule has 0 saturated carbocycles. The summed E-state index contributed by atoms with van der Waals surface area (Å²) in [4.78, 5) is 26.6. The van der Waals surface area contributed by atoms with Crippen LogP contribution in [-0.4, -0.2) is 44.3 Å². The number of ether oxygens (including phenoxy) is 1. The van der Waals surface area contributed by atoms with Crippen molar-refractivity contribution >= 4 is 61.2 Å². The Labute approximate surface area is 188 Å². The second-order valence-electron chi connectivity index (χ2n) is 7.23. The highest BCUT2D eigenvalue weighted by Gasteiger charge is 2.39. The standard InChI is InChI=1S/C19H21ClN2O5S3/c1-27-19(24)16-11-5-4-7-13(11)28-18(16)21-17(23)12-6-2-3-10-22(12)30(25,26)15-9-8-14(20)29-15/h8-9,12H,2-7,10H2,1H3,(H,21,23). The summed E-state index contributed by atoms with van der Waals surface area (Å²) in [6, 6.07) is 2.16. The third kappa shape index (κ3) is 3.91. The third-order valence-electron chi connectivity index (χ3n) is 5.42. The Morgan fingerprint density at radius 3 is 2.70 bits per heavy atom. The molecule has 0 bridgehead atoms. The number of nitrogens with one attached hydrogen (secondary N) is 1. The molecular formula is C19H21ClN2O5S3. The Morgan fingerprint density at radius 1 is 1.20 bits per heavy atom. The largest absolute Gasteiger partial charge is 0.465 e. The smallest absolute Gasteiger partial charge is 0.341 e. The van der Waals surface area contributed by atoms with Crippen LogP contribution in [0.5, 0.6) is 0 Å². The van der Waals surface area contributed by atoms with Crippen molar-refractivity contribution in [2.75, 3.05) is 19.0 Å². The Morgan fingerprint density at radius 2 is 2.00 bits per heavy atom. The van der Waals surface area contributed by atoms with Crippen molar-refractivity contribution in [3.63, 3.8) is 0 Å². The molecule has 1 aliphatic carbocycles. The normalized spacial score (nSPS) is 19.5. The first-order valence-electron chi connectivity index (χ1n) is 9.64. The summed E-state index contributed by atoms with van der Waals surface area (Å²) in [5.41, 5.74) is 1.34. The van der Waals surface area contributed by atoms with Crippen molar-refractivity contribution in [1.82, 2.24) is 4.31 Å². The van der Waals surface area contributed by atoms with Gasteiger partial charge in [0.2, 0.25) is 5.91 Å². The monoisotopic (exact) mass is 488 g/mol. The van der Waals surface area contributed by atoms with Gasteiger partial charge >= 0.3 is 5.97 Å². The van der Waals surface area contributed by atoms with Crippen molar-refractivity contribution in [2.24, 2.45) is 0 Å². The number of nitrogens with zero attached hydrogens (tertiary/aromatic N) is 1. The Kier molecular flexibility index (Phi) is 6.23. The van der Waals surface area contributed by atoms with E-state index in [2.05, 4.69) is 5.32 Å². The predicted octanol–water partition coefficient (Wildman–Crippen LogP) is 3.92. The highest BCUT2D eigenvalue weighted by Crippen LogP contribution is 2.40. The molecular weight excluding hydrogens is 468 g/mol. The van der Waals surface area contributed by atoms with E-state index in [1.54, 1.807) is 0 Å². The summed E-state index contributed by atoms with van der Waals surface area (Å²) in [6.45, 7) is 0.265. The number of halogens is 1. The van der Waals surface area contributed by atoms with Gasteiger partial charge in [-0.15, -0.1) is 22.7 Å². The van der Waals surface area contributed by atoms with Gasteiger partial charge in [-0.05, 0) is 49.8 Å². The lowest BCUT2D eigenvalue weighted by atomic mass is 10.0. The fourth-order valence-corrected chi connectivity index (χ4v) is 8.56. The summed E-state index contributed by atoms with van der Waals surface area (Å²) in [5, 5.41) is 3.28. The number of methoxy groups -OCH3 is 1. The fraction of sp³-hybridized carbons (Fsp3) is 0.474. The average molecular weight is 489 g/mol. The number of anilines is 1. The zero-order valence-corrected chi connectivity index (χ0v) is 19.5. The third-order valence-corrected chi connectivity index (χ3v) is 10.2. The number of sulfonamides is 1. The quantitative estimate of drug-likeness (QED) is 0.644. The Hall–Kier alpha value is -1.46. The van der Waals surface area contributed by atoms with Crippen molar-refractivity contribution in [3.8, 4) is 0 Å². The molecule has 162 valence electrons. The first-order chi connectivity index (χ1) is 14.3. The summed E-state index contributed by atoms with van der Waals surface area (Å²) in [6.07, 6.45) is 4.46. The number of thiophene rings is 2. The van der Waals surface area contributed by atoms with E-state index in [9.17, 15) is 18.0 Å². The minimum absolute atomic E-state index is 0.123. The van der Waals surface area contributed by atoms with Crippen LogP contribution in [0.3, 0.4) is 0 Å². The minimum Gasteiger partial charge on any atom is -0.465 e. The number of hydrogen-bond donors (Lipinski definition) is 1. The molecule has 1 N–H and O–H groups in total. The number of esters is 1. The number of aryl methyl sites for hydroxylation is 1. The van der Waals surface area contributed by atoms with Crippen molar-refractivity contribution in [3.05, 3.63) is 32.5 Å². The van der Waals surface area contributed by atoms with E-state index in [4.69, 9.17) is 16.3 Å². The number of fused-ring (bicyclic) bond motifs is 1. The second-order valence-corrected chi connectivity index (χ2v) is 12.2. The van der Waals surface area contributed by atoms with Crippen LogP contribution < -0.4 is 5.32 Å². The van der Waals surface area contributed by atoms with Gasteiger partial charge in [0.05, 0.1) is 17.0 Å². The van der Waals surface area contributed by atoms with E-state index in [1.807, 2.05) is 0 Å². The van der Waals surface area contributed by atoms with E-state index in [0.717, 1.165) is 47.5 Å². The Bertz CT molecular complexity index is 1090. The van der Waals surface area contributed by atoms with Crippen LogP contribution >= 0.6 is 34.3 Å². The van der Waals surface area contributed by atoms with E-state index in [-0.39, 0.29) is 10.8 Å². The Balaban J connectivity index is 1.62. The zero-order valence-electron chi connectivity index (χ0n) is 16.3. The maximum absolute atomic E-state index is 13.2. The van der Waals surface area contributed by atoms with Crippen LogP contribution in [0.1, 0.15) is 46.5 Å². The lowest BCUT2D eigenvalue weighted by Crippen LogP contribution is -2.49. The van der Waals surface area contributed by atoms with Gasteiger partial charge in [-0.3, -0.25) is 4.79 Å². The van der Waals surface area contributed by atoms with Crippen LogP contribution in [-0.2, 0) is 32.4 Å². The molecule has 2 aromatic heterocycles. The van der Waals surface area contributed by atoms with Gasteiger partial charge in [0.1, 0.15) is 15.3 Å². The van der Waals surface area contributed by atoms with E-state index < -0.39 is 27.9 Å². The van der Waals surface area contributed by atoms with Crippen LogP contribution in [0.4, 0.5) is 5.00 Å². The van der Waals surface area contributed by atoms with Crippen molar-refractivity contribution in [2.45, 2.75) is 48.8 Å². The van der Waals surface area contributed by atoms with Crippen LogP contribution in [0.15, 0.2) is 16.3 Å². The molecule has 30 heavy (non-hydrogen) atoms. The van der Waals surface area contributed by atoms with Gasteiger partial charge in [-0.2, -0.15) is 4.31 Å². The molecule has 2 aromatic rings. The molecule has 3 heterocycles. The molecule has 0 aromatic carbocycles. The number of carbonyl (C=O) groups excluding carboxylic acids is 2. The molecule has 1 amide bonds. The molecule has 2 aliphatic rings. The molecule has 1 saturated heterocycles. The topological polar surface area (TPSA) is 92.8 Å². The summed E-state index contributed by atoms with van der Waals surface area (Å²) in [7, 11) is -2.52. The van der Waals surface area contributed by atoms with Gasteiger partial charge < -0.3 is 10.1 Å². The molecule has 11 heteroatoms. The molecule has 1 unspecified atom stereocenters. The minimum atomic E-state index is -3.84. The van der Waals surface area contributed by atoms with Gasteiger partial charge in [0.15, 0.2) is 0 Å². The number of amides is 1. The van der Waals surface area contributed by atoms with Crippen LogP contribution in [0.2, 0.25) is 4.34 Å². The second kappa shape index (κ2) is 8.58. The predicted molar refractivity (Wildman–Crippen MR) is 117 cm³/mol. The van der Waals surface area contributed by atoms with Crippen LogP contribution in [0.25, 0.3) is 0 Å². The maximum atomic E-state index is 13.2. The summed E-state index contributed by atoms with van der Waals surface area (Å²) < 4.78 is 32.9. The number of rotatable bonds is 5.